The van der Waals surface area contributed by atoms with Gasteiger partial charge in [0.2, 0.25) is 0 Å². The Balaban J connectivity index is 2.07. The molecular formula is C13H11N5O2. The van der Waals surface area contributed by atoms with Crippen molar-refractivity contribution in [2.75, 3.05) is 0 Å². The minimum absolute atomic E-state index is 0.0219. The molecule has 0 aliphatic rings. The number of carboxylic acid groups (broad SMARTS) is 1. The summed E-state index contributed by atoms with van der Waals surface area (Å²) in [5.74, 6) is -1.04. The minimum Gasteiger partial charge on any atom is -0.476 e. The Kier molecular flexibility index (Phi) is 2.79. The van der Waals surface area contributed by atoms with Crippen LogP contribution in [0.1, 0.15) is 10.5 Å². The van der Waals surface area contributed by atoms with E-state index in [2.05, 4.69) is 15.4 Å². The van der Waals surface area contributed by atoms with E-state index in [1.807, 2.05) is 24.3 Å². The number of nitrogens with zero attached hydrogens (tertiary/aromatic N) is 5. The summed E-state index contributed by atoms with van der Waals surface area (Å²) in [5.41, 5.74) is 2.46. The van der Waals surface area contributed by atoms with Crippen molar-refractivity contribution >= 4 is 5.97 Å². The van der Waals surface area contributed by atoms with Crippen LogP contribution < -0.4 is 0 Å². The molecule has 3 rings (SSSR count). The van der Waals surface area contributed by atoms with E-state index in [1.165, 1.54) is 0 Å². The first-order chi connectivity index (χ1) is 9.65. The summed E-state index contributed by atoms with van der Waals surface area (Å²) in [6, 6.07) is 9.11. The summed E-state index contributed by atoms with van der Waals surface area (Å²) < 4.78 is 3.18. The van der Waals surface area contributed by atoms with Crippen molar-refractivity contribution in [3.8, 4) is 16.9 Å². The molecule has 2 aromatic heterocycles. The zero-order valence-electron chi connectivity index (χ0n) is 10.6. The molecule has 0 saturated carbocycles. The van der Waals surface area contributed by atoms with E-state index in [9.17, 15) is 4.79 Å². The Morgan fingerprint density at radius 1 is 1.30 bits per heavy atom. The minimum atomic E-state index is -1.04. The van der Waals surface area contributed by atoms with Gasteiger partial charge in [0.1, 0.15) is 0 Å². The maximum Gasteiger partial charge on any atom is 0.356 e. The molecular weight excluding hydrogens is 258 g/mol. The van der Waals surface area contributed by atoms with Crippen LogP contribution in [-0.4, -0.2) is 35.9 Å². The van der Waals surface area contributed by atoms with E-state index in [-0.39, 0.29) is 5.69 Å². The maximum absolute atomic E-state index is 11.0. The molecule has 0 aliphatic carbocycles. The summed E-state index contributed by atoms with van der Waals surface area (Å²) >= 11 is 0. The first-order valence-electron chi connectivity index (χ1n) is 5.89. The lowest BCUT2D eigenvalue weighted by Crippen LogP contribution is -1.99. The van der Waals surface area contributed by atoms with E-state index in [1.54, 1.807) is 34.9 Å². The molecule has 0 aliphatic heterocycles. The molecule has 0 radical (unpaired) electrons. The number of carboxylic acids is 1. The second-order valence-corrected chi connectivity index (χ2v) is 4.24. The molecule has 0 bridgehead atoms. The number of aromatic nitrogens is 5. The molecule has 0 unspecified atom stereocenters. The molecule has 3 aromatic rings. The van der Waals surface area contributed by atoms with Gasteiger partial charge in [-0.15, -0.1) is 5.10 Å². The predicted octanol–water partition coefficient (Wildman–Crippen LogP) is 1.37. The average Bonchev–Trinajstić information content (AvgIpc) is 3.08. The number of benzene rings is 1. The lowest BCUT2D eigenvalue weighted by atomic mass is 10.1. The Morgan fingerprint density at radius 3 is 2.80 bits per heavy atom. The lowest BCUT2D eigenvalue weighted by Gasteiger charge is -2.05. The first kappa shape index (κ1) is 12.1. The molecule has 7 heteroatoms. The molecule has 0 atom stereocenters. The van der Waals surface area contributed by atoms with E-state index in [4.69, 9.17) is 5.11 Å². The van der Waals surface area contributed by atoms with E-state index in [0.717, 1.165) is 16.9 Å². The number of hydrogen-bond donors (Lipinski definition) is 1. The van der Waals surface area contributed by atoms with Gasteiger partial charge in [0.15, 0.2) is 5.69 Å². The molecule has 0 spiro atoms. The van der Waals surface area contributed by atoms with Gasteiger partial charge in [-0.2, -0.15) is 5.10 Å². The summed E-state index contributed by atoms with van der Waals surface area (Å²) in [5, 5.41) is 20.6. The SMILES string of the molecule is Cn1nc(C(=O)O)cc1-c1cccc(-n2ccnn2)c1. The number of hydrogen-bond acceptors (Lipinski definition) is 4. The van der Waals surface area contributed by atoms with Crippen LogP contribution in [0.5, 0.6) is 0 Å². The second kappa shape index (κ2) is 4.61. The van der Waals surface area contributed by atoms with Gasteiger partial charge in [-0.1, -0.05) is 17.3 Å². The Morgan fingerprint density at radius 2 is 2.15 bits per heavy atom. The van der Waals surface area contributed by atoms with Gasteiger partial charge in [0, 0.05) is 12.6 Å². The average molecular weight is 269 g/mol. The Labute approximate surface area is 114 Å². The van der Waals surface area contributed by atoms with Gasteiger partial charge in [-0.3, -0.25) is 4.68 Å². The number of aromatic carboxylic acids is 1. The largest absolute Gasteiger partial charge is 0.476 e. The zero-order valence-corrected chi connectivity index (χ0v) is 10.6. The monoisotopic (exact) mass is 269 g/mol. The van der Waals surface area contributed by atoms with Gasteiger partial charge in [-0.25, -0.2) is 9.48 Å². The quantitative estimate of drug-likeness (QED) is 0.776. The molecule has 100 valence electrons. The fourth-order valence-electron chi connectivity index (χ4n) is 2.00. The maximum atomic E-state index is 11.0. The van der Waals surface area contributed by atoms with Crippen molar-refractivity contribution < 1.29 is 9.90 Å². The number of rotatable bonds is 3. The van der Waals surface area contributed by atoms with Crippen molar-refractivity contribution in [1.29, 1.82) is 0 Å². The smallest absolute Gasteiger partial charge is 0.356 e. The van der Waals surface area contributed by atoms with Crippen LogP contribution in [0.4, 0.5) is 0 Å². The van der Waals surface area contributed by atoms with Gasteiger partial charge >= 0.3 is 5.97 Å². The number of aryl methyl sites for hydroxylation is 1. The predicted molar refractivity (Wildman–Crippen MR) is 70.5 cm³/mol. The molecule has 0 fully saturated rings. The molecule has 0 amide bonds. The topological polar surface area (TPSA) is 85.8 Å². The van der Waals surface area contributed by atoms with Crippen LogP contribution in [0.15, 0.2) is 42.7 Å². The van der Waals surface area contributed by atoms with Crippen molar-refractivity contribution in [3.63, 3.8) is 0 Å². The summed E-state index contributed by atoms with van der Waals surface area (Å²) in [7, 11) is 1.71. The molecule has 1 N–H and O–H groups in total. The summed E-state index contributed by atoms with van der Waals surface area (Å²) in [4.78, 5) is 11.0. The van der Waals surface area contributed by atoms with Crippen LogP contribution in [0, 0.1) is 0 Å². The summed E-state index contributed by atoms with van der Waals surface area (Å²) in [6.07, 6.45) is 3.34. The fraction of sp³-hybridized carbons (Fsp3) is 0.0769. The van der Waals surface area contributed by atoms with Gasteiger partial charge in [0.05, 0.1) is 23.8 Å². The highest BCUT2D eigenvalue weighted by atomic mass is 16.4. The van der Waals surface area contributed by atoms with Gasteiger partial charge in [-0.05, 0) is 18.2 Å². The van der Waals surface area contributed by atoms with E-state index >= 15 is 0 Å². The summed E-state index contributed by atoms with van der Waals surface area (Å²) in [6.45, 7) is 0. The Bertz CT molecular complexity index is 761. The van der Waals surface area contributed by atoms with Crippen molar-refractivity contribution in [2.45, 2.75) is 0 Å². The molecule has 0 saturated heterocycles. The second-order valence-electron chi connectivity index (χ2n) is 4.24. The standard InChI is InChI=1S/C13H11N5O2/c1-17-12(8-11(15-17)13(19)20)9-3-2-4-10(7-9)18-6-5-14-16-18/h2-8H,1H3,(H,19,20). The van der Waals surface area contributed by atoms with Crippen molar-refractivity contribution in [2.24, 2.45) is 7.05 Å². The van der Waals surface area contributed by atoms with Crippen LogP contribution in [0.2, 0.25) is 0 Å². The Hall–Kier alpha value is -2.96. The highest BCUT2D eigenvalue weighted by molar-refractivity contribution is 5.87. The third-order valence-corrected chi connectivity index (χ3v) is 2.93. The van der Waals surface area contributed by atoms with E-state index in [0.29, 0.717) is 0 Å². The number of carbonyl (C=O) groups is 1. The third kappa shape index (κ3) is 2.05. The highest BCUT2D eigenvalue weighted by Gasteiger charge is 2.13. The van der Waals surface area contributed by atoms with Crippen LogP contribution in [0.3, 0.4) is 0 Å². The third-order valence-electron chi connectivity index (χ3n) is 2.93. The zero-order chi connectivity index (χ0) is 14.1. The first-order valence-corrected chi connectivity index (χ1v) is 5.89. The molecule has 7 nitrogen and oxygen atoms in total. The van der Waals surface area contributed by atoms with Gasteiger partial charge < -0.3 is 5.11 Å². The fourth-order valence-corrected chi connectivity index (χ4v) is 2.00. The normalized spacial score (nSPS) is 10.7. The highest BCUT2D eigenvalue weighted by Crippen LogP contribution is 2.22. The molecule has 2 heterocycles. The van der Waals surface area contributed by atoms with Crippen molar-refractivity contribution in [3.05, 3.63) is 48.4 Å². The molecule has 20 heavy (non-hydrogen) atoms. The van der Waals surface area contributed by atoms with Crippen LogP contribution in [-0.2, 0) is 7.05 Å². The van der Waals surface area contributed by atoms with E-state index < -0.39 is 5.97 Å². The lowest BCUT2D eigenvalue weighted by molar-refractivity contribution is 0.0689. The van der Waals surface area contributed by atoms with Crippen molar-refractivity contribution in [1.82, 2.24) is 24.8 Å². The molecule has 1 aromatic carbocycles. The van der Waals surface area contributed by atoms with Crippen LogP contribution in [0.25, 0.3) is 16.9 Å². The van der Waals surface area contributed by atoms with Crippen LogP contribution >= 0.6 is 0 Å². The van der Waals surface area contributed by atoms with Gasteiger partial charge in [0.25, 0.3) is 0 Å².